The highest BCUT2D eigenvalue weighted by Crippen LogP contribution is 2.22. The third-order valence-electron chi connectivity index (χ3n) is 1.89. The number of allylic oxidation sites excluding steroid dienone is 1. The number of hydrogen-bond acceptors (Lipinski definition) is 3. The van der Waals surface area contributed by atoms with Crippen LogP contribution in [0.1, 0.15) is 5.56 Å². The van der Waals surface area contributed by atoms with E-state index in [2.05, 4.69) is 0 Å². The molecule has 0 aromatic heterocycles. The first-order valence-corrected chi connectivity index (χ1v) is 4.34. The lowest BCUT2D eigenvalue weighted by Gasteiger charge is -2.16. The average molecular weight is 190 g/mol. The standard InChI is InChI=1S/C11H14N2O/c1-13(2)11-8-10(12)6-5-9(11)4-3-7-14/h3-8H,12H2,1-2H3/b4-3-. The molecule has 1 aromatic carbocycles. The summed E-state index contributed by atoms with van der Waals surface area (Å²) in [6, 6.07) is 5.59. The molecular formula is C11H14N2O. The summed E-state index contributed by atoms with van der Waals surface area (Å²) in [4.78, 5) is 12.2. The van der Waals surface area contributed by atoms with Crippen molar-refractivity contribution in [1.82, 2.24) is 0 Å². The lowest BCUT2D eigenvalue weighted by molar-refractivity contribution is -0.104. The van der Waals surface area contributed by atoms with Crippen molar-refractivity contribution in [1.29, 1.82) is 0 Å². The largest absolute Gasteiger partial charge is 0.399 e. The van der Waals surface area contributed by atoms with Gasteiger partial charge >= 0.3 is 0 Å². The second kappa shape index (κ2) is 4.46. The molecule has 0 radical (unpaired) electrons. The highest BCUT2D eigenvalue weighted by Gasteiger charge is 2.01. The lowest BCUT2D eigenvalue weighted by Crippen LogP contribution is -2.10. The number of rotatable bonds is 3. The van der Waals surface area contributed by atoms with Crippen molar-refractivity contribution in [2.75, 3.05) is 24.7 Å². The fourth-order valence-corrected chi connectivity index (χ4v) is 1.23. The van der Waals surface area contributed by atoms with Crippen LogP contribution in [0, 0.1) is 0 Å². The molecule has 14 heavy (non-hydrogen) atoms. The van der Waals surface area contributed by atoms with Crippen LogP contribution in [-0.4, -0.2) is 20.4 Å². The molecule has 3 nitrogen and oxygen atoms in total. The molecule has 0 saturated carbocycles. The second-order valence-corrected chi connectivity index (χ2v) is 3.21. The molecule has 0 unspecified atom stereocenters. The van der Waals surface area contributed by atoms with Crippen molar-refractivity contribution in [2.24, 2.45) is 0 Å². The fourth-order valence-electron chi connectivity index (χ4n) is 1.23. The first-order chi connectivity index (χ1) is 6.65. The van der Waals surface area contributed by atoms with Gasteiger partial charge in [-0.3, -0.25) is 4.79 Å². The summed E-state index contributed by atoms with van der Waals surface area (Å²) >= 11 is 0. The van der Waals surface area contributed by atoms with Crippen LogP contribution < -0.4 is 10.6 Å². The molecule has 0 fully saturated rings. The van der Waals surface area contributed by atoms with E-state index in [1.54, 1.807) is 6.08 Å². The molecule has 0 saturated heterocycles. The molecule has 0 heterocycles. The summed E-state index contributed by atoms with van der Waals surface area (Å²) in [5.74, 6) is 0. The normalized spacial score (nSPS) is 10.4. The Labute approximate surface area is 83.8 Å². The number of anilines is 2. The van der Waals surface area contributed by atoms with Gasteiger partial charge in [-0.2, -0.15) is 0 Å². The molecular weight excluding hydrogens is 176 g/mol. The maximum Gasteiger partial charge on any atom is 0.142 e. The van der Waals surface area contributed by atoms with Gasteiger partial charge in [-0.15, -0.1) is 0 Å². The van der Waals surface area contributed by atoms with Gasteiger partial charge < -0.3 is 10.6 Å². The molecule has 0 aliphatic heterocycles. The van der Waals surface area contributed by atoms with Crippen molar-refractivity contribution in [3.63, 3.8) is 0 Å². The van der Waals surface area contributed by atoms with E-state index >= 15 is 0 Å². The Morgan fingerprint density at radius 1 is 1.36 bits per heavy atom. The van der Waals surface area contributed by atoms with Gasteiger partial charge in [0, 0.05) is 25.5 Å². The van der Waals surface area contributed by atoms with E-state index < -0.39 is 0 Å². The van der Waals surface area contributed by atoms with Crippen LogP contribution in [0.5, 0.6) is 0 Å². The third-order valence-corrected chi connectivity index (χ3v) is 1.89. The quantitative estimate of drug-likeness (QED) is 0.447. The first kappa shape index (κ1) is 10.3. The van der Waals surface area contributed by atoms with Crippen LogP contribution in [0.25, 0.3) is 6.08 Å². The van der Waals surface area contributed by atoms with Crippen LogP contribution in [-0.2, 0) is 4.79 Å². The Morgan fingerprint density at radius 2 is 2.07 bits per heavy atom. The van der Waals surface area contributed by atoms with E-state index in [1.165, 1.54) is 6.08 Å². The molecule has 0 aliphatic rings. The van der Waals surface area contributed by atoms with E-state index in [0.29, 0.717) is 0 Å². The minimum Gasteiger partial charge on any atom is -0.399 e. The maximum absolute atomic E-state index is 10.2. The molecule has 0 spiro atoms. The second-order valence-electron chi connectivity index (χ2n) is 3.21. The average Bonchev–Trinajstić information content (AvgIpc) is 2.15. The highest BCUT2D eigenvalue weighted by molar-refractivity contribution is 5.79. The summed E-state index contributed by atoms with van der Waals surface area (Å²) in [6.45, 7) is 0. The Bertz CT molecular complexity index is 356. The first-order valence-electron chi connectivity index (χ1n) is 4.34. The molecule has 0 amide bonds. The minimum atomic E-state index is 0.719. The van der Waals surface area contributed by atoms with Gasteiger partial charge in [0.05, 0.1) is 0 Å². The van der Waals surface area contributed by atoms with Crippen molar-refractivity contribution < 1.29 is 4.79 Å². The van der Waals surface area contributed by atoms with Crippen molar-refractivity contribution in [3.05, 3.63) is 29.8 Å². The third kappa shape index (κ3) is 2.36. The van der Waals surface area contributed by atoms with Crippen LogP contribution >= 0.6 is 0 Å². The predicted molar refractivity (Wildman–Crippen MR) is 60.3 cm³/mol. The van der Waals surface area contributed by atoms with Gasteiger partial charge in [0.25, 0.3) is 0 Å². The van der Waals surface area contributed by atoms with Gasteiger partial charge in [-0.05, 0) is 29.8 Å². The lowest BCUT2D eigenvalue weighted by atomic mass is 10.1. The van der Waals surface area contributed by atoms with Crippen LogP contribution in [0.3, 0.4) is 0 Å². The number of nitrogens with two attached hydrogens (primary N) is 1. The van der Waals surface area contributed by atoms with Crippen molar-refractivity contribution >= 4 is 23.7 Å². The summed E-state index contributed by atoms with van der Waals surface area (Å²) in [5.41, 5.74) is 8.38. The van der Waals surface area contributed by atoms with Gasteiger partial charge in [0.15, 0.2) is 0 Å². The fraction of sp³-hybridized carbons (Fsp3) is 0.182. The van der Waals surface area contributed by atoms with Gasteiger partial charge in [0.2, 0.25) is 0 Å². The monoisotopic (exact) mass is 190 g/mol. The number of nitrogens with zero attached hydrogens (tertiary/aromatic N) is 1. The van der Waals surface area contributed by atoms with Crippen LogP contribution in [0.2, 0.25) is 0 Å². The molecule has 0 bridgehead atoms. The van der Waals surface area contributed by atoms with E-state index in [1.807, 2.05) is 37.2 Å². The minimum absolute atomic E-state index is 0.719. The van der Waals surface area contributed by atoms with Crippen LogP contribution in [0.15, 0.2) is 24.3 Å². The number of nitrogen functional groups attached to an aromatic ring is 1. The molecule has 0 atom stereocenters. The highest BCUT2D eigenvalue weighted by atomic mass is 16.1. The number of carbonyl (C=O) groups excluding carboxylic acids is 1. The van der Waals surface area contributed by atoms with E-state index in [-0.39, 0.29) is 0 Å². The molecule has 74 valence electrons. The van der Waals surface area contributed by atoms with Crippen molar-refractivity contribution in [2.45, 2.75) is 0 Å². The van der Waals surface area contributed by atoms with E-state index in [0.717, 1.165) is 23.2 Å². The zero-order valence-corrected chi connectivity index (χ0v) is 8.40. The zero-order chi connectivity index (χ0) is 10.6. The molecule has 1 rings (SSSR count). The zero-order valence-electron chi connectivity index (χ0n) is 8.40. The van der Waals surface area contributed by atoms with Crippen LogP contribution in [0.4, 0.5) is 11.4 Å². The summed E-state index contributed by atoms with van der Waals surface area (Å²) in [6.07, 6.45) is 4.00. The SMILES string of the molecule is CN(C)c1cc(N)ccc1/C=C\C=O. The predicted octanol–water partition coefficient (Wildman–Crippen LogP) is 1.55. The smallest absolute Gasteiger partial charge is 0.142 e. The topological polar surface area (TPSA) is 46.3 Å². The number of hydrogen-bond donors (Lipinski definition) is 1. The molecule has 2 N–H and O–H groups in total. The summed E-state index contributed by atoms with van der Waals surface area (Å²) in [7, 11) is 3.88. The van der Waals surface area contributed by atoms with Gasteiger partial charge in [-0.1, -0.05) is 6.07 Å². The van der Waals surface area contributed by atoms with Crippen molar-refractivity contribution in [3.8, 4) is 0 Å². The number of benzene rings is 1. The van der Waals surface area contributed by atoms with E-state index in [4.69, 9.17) is 5.73 Å². The number of aldehydes is 1. The van der Waals surface area contributed by atoms with E-state index in [9.17, 15) is 4.79 Å². The van der Waals surface area contributed by atoms with Gasteiger partial charge in [-0.25, -0.2) is 0 Å². The number of carbonyl (C=O) groups is 1. The summed E-state index contributed by atoms with van der Waals surface area (Å²) < 4.78 is 0. The Hall–Kier alpha value is -1.77. The molecule has 3 heteroatoms. The molecule has 1 aromatic rings. The Balaban J connectivity index is 3.14. The van der Waals surface area contributed by atoms with Gasteiger partial charge in [0.1, 0.15) is 6.29 Å². The summed E-state index contributed by atoms with van der Waals surface area (Å²) in [5, 5.41) is 0. The maximum atomic E-state index is 10.2. The Morgan fingerprint density at radius 3 is 2.64 bits per heavy atom. The molecule has 0 aliphatic carbocycles. The Kier molecular flexibility index (Phi) is 3.29.